The molecule has 2 fully saturated rings. The van der Waals surface area contributed by atoms with Crippen LogP contribution in [0, 0.1) is 5.82 Å². The highest BCUT2D eigenvalue weighted by molar-refractivity contribution is 7.89. The fourth-order valence-electron chi connectivity index (χ4n) is 4.13. The zero-order valence-electron chi connectivity index (χ0n) is 17.7. The number of halogens is 1. The van der Waals surface area contributed by atoms with E-state index in [1.165, 1.54) is 22.9 Å². The van der Waals surface area contributed by atoms with E-state index in [0.29, 0.717) is 32.2 Å². The zero-order valence-corrected chi connectivity index (χ0v) is 18.5. The molecule has 0 bridgehead atoms. The van der Waals surface area contributed by atoms with E-state index in [0.717, 1.165) is 44.6 Å². The predicted molar refractivity (Wildman–Crippen MR) is 114 cm³/mol. The van der Waals surface area contributed by atoms with Crippen molar-refractivity contribution in [2.24, 2.45) is 0 Å². The Bertz CT molecular complexity index is 797. The molecule has 1 amide bonds. The molecule has 0 radical (unpaired) electrons. The van der Waals surface area contributed by atoms with Crippen LogP contribution < -0.4 is 5.32 Å². The number of nitrogens with one attached hydrogen (secondary N) is 1. The number of hydrogen-bond acceptors (Lipinski definition) is 5. The van der Waals surface area contributed by atoms with Crippen molar-refractivity contribution in [1.82, 2.24) is 19.4 Å². The Hall–Kier alpha value is -1.55. The number of sulfonamides is 1. The highest BCUT2D eigenvalue weighted by Crippen LogP contribution is 2.19. The van der Waals surface area contributed by atoms with Crippen LogP contribution in [0.4, 0.5) is 4.39 Å². The van der Waals surface area contributed by atoms with Crippen LogP contribution in [0.1, 0.15) is 32.6 Å². The van der Waals surface area contributed by atoms with Gasteiger partial charge in [-0.3, -0.25) is 9.69 Å². The number of carbonyl (C=O) groups is 1. The number of likely N-dealkylation sites (tertiary alicyclic amines) is 1. The van der Waals surface area contributed by atoms with Crippen molar-refractivity contribution in [3.8, 4) is 0 Å². The summed E-state index contributed by atoms with van der Waals surface area (Å²) >= 11 is 0. The van der Waals surface area contributed by atoms with E-state index in [1.54, 1.807) is 4.90 Å². The highest BCUT2D eigenvalue weighted by atomic mass is 32.2. The van der Waals surface area contributed by atoms with Gasteiger partial charge in [0.25, 0.3) is 0 Å². The van der Waals surface area contributed by atoms with Gasteiger partial charge in [0.15, 0.2) is 0 Å². The van der Waals surface area contributed by atoms with E-state index in [9.17, 15) is 17.6 Å². The van der Waals surface area contributed by atoms with Crippen LogP contribution in [0.3, 0.4) is 0 Å². The summed E-state index contributed by atoms with van der Waals surface area (Å²) in [5, 5.41) is 3.21. The largest absolute Gasteiger partial charge is 0.340 e. The lowest BCUT2D eigenvalue weighted by atomic mass is 10.0. The van der Waals surface area contributed by atoms with Gasteiger partial charge in [0.2, 0.25) is 15.9 Å². The lowest BCUT2D eigenvalue weighted by Gasteiger charge is -2.35. The number of piperazine rings is 1. The molecule has 1 aromatic rings. The number of piperidine rings is 1. The Labute approximate surface area is 179 Å². The molecule has 1 N–H and O–H groups in total. The molecule has 9 heteroatoms. The third-order valence-electron chi connectivity index (χ3n) is 6.07. The molecule has 0 unspecified atom stereocenters. The van der Waals surface area contributed by atoms with Gasteiger partial charge in [0.1, 0.15) is 5.82 Å². The van der Waals surface area contributed by atoms with E-state index in [-0.39, 0.29) is 23.8 Å². The Kier molecular flexibility index (Phi) is 8.21. The van der Waals surface area contributed by atoms with Crippen molar-refractivity contribution >= 4 is 15.9 Å². The Morgan fingerprint density at radius 3 is 2.50 bits per heavy atom. The van der Waals surface area contributed by atoms with Crippen LogP contribution in [0.25, 0.3) is 0 Å². The first-order valence-corrected chi connectivity index (χ1v) is 12.3. The summed E-state index contributed by atoms with van der Waals surface area (Å²) in [4.78, 5) is 16.7. The van der Waals surface area contributed by atoms with Crippen LogP contribution in [0.5, 0.6) is 0 Å². The molecule has 2 heterocycles. The number of nitrogens with zero attached hydrogens (tertiary/aromatic N) is 3. The van der Waals surface area contributed by atoms with Crippen LogP contribution >= 0.6 is 0 Å². The molecule has 0 spiro atoms. The van der Waals surface area contributed by atoms with Gasteiger partial charge in [0, 0.05) is 58.3 Å². The lowest BCUT2D eigenvalue weighted by Crippen LogP contribution is -2.48. The highest BCUT2D eigenvalue weighted by Gasteiger charge is 2.28. The first-order chi connectivity index (χ1) is 14.4. The van der Waals surface area contributed by atoms with Crippen LogP contribution in [0.2, 0.25) is 0 Å². The third-order valence-corrected chi connectivity index (χ3v) is 7.99. The van der Waals surface area contributed by atoms with E-state index < -0.39 is 15.8 Å². The monoisotopic (exact) mass is 440 g/mol. The maximum Gasteiger partial charge on any atom is 0.243 e. The number of rotatable bonds is 8. The molecular formula is C21H33FN4O3S. The quantitative estimate of drug-likeness (QED) is 0.664. The van der Waals surface area contributed by atoms with Gasteiger partial charge in [-0.2, -0.15) is 4.31 Å². The molecule has 168 valence electrons. The van der Waals surface area contributed by atoms with Gasteiger partial charge in [-0.15, -0.1) is 0 Å². The lowest BCUT2D eigenvalue weighted by molar-refractivity contribution is -0.131. The maximum absolute atomic E-state index is 13.3. The average molecular weight is 441 g/mol. The van der Waals surface area contributed by atoms with Gasteiger partial charge < -0.3 is 10.2 Å². The van der Waals surface area contributed by atoms with Crippen molar-refractivity contribution < 1.29 is 17.6 Å². The fraction of sp³-hybridized carbons (Fsp3) is 0.667. The van der Waals surface area contributed by atoms with E-state index in [4.69, 9.17) is 0 Å². The number of benzene rings is 1. The molecular weight excluding hydrogens is 407 g/mol. The summed E-state index contributed by atoms with van der Waals surface area (Å²) in [6.07, 6.45) is 3.59. The molecule has 2 saturated heterocycles. The van der Waals surface area contributed by atoms with Gasteiger partial charge in [0.05, 0.1) is 4.90 Å². The summed E-state index contributed by atoms with van der Waals surface area (Å²) in [5.41, 5.74) is 0. The van der Waals surface area contributed by atoms with Gasteiger partial charge in [-0.25, -0.2) is 12.8 Å². The van der Waals surface area contributed by atoms with Crippen molar-refractivity contribution in [3.63, 3.8) is 0 Å². The van der Waals surface area contributed by atoms with E-state index in [1.807, 2.05) is 0 Å². The number of hydrogen-bond donors (Lipinski definition) is 1. The number of carbonyl (C=O) groups excluding carboxylic acids is 1. The summed E-state index contributed by atoms with van der Waals surface area (Å²) in [7, 11) is -3.81. The van der Waals surface area contributed by atoms with Crippen LogP contribution in [-0.4, -0.2) is 86.8 Å². The Morgan fingerprint density at radius 1 is 1.13 bits per heavy atom. The van der Waals surface area contributed by atoms with Gasteiger partial charge >= 0.3 is 0 Å². The minimum atomic E-state index is -3.81. The molecule has 1 aromatic carbocycles. The summed E-state index contributed by atoms with van der Waals surface area (Å²) in [6, 6.07) is 5.32. The molecule has 2 aliphatic rings. The molecule has 2 aliphatic heterocycles. The second kappa shape index (κ2) is 10.7. The Balaban J connectivity index is 1.69. The van der Waals surface area contributed by atoms with Crippen molar-refractivity contribution in [2.75, 3.05) is 52.4 Å². The maximum atomic E-state index is 13.3. The van der Waals surface area contributed by atoms with Crippen molar-refractivity contribution in [2.45, 2.75) is 43.5 Å². The molecule has 0 aliphatic carbocycles. The smallest absolute Gasteiger partial charge is 0.243 e. The minimum Gasteiger partial charge on any atom is -0.340 e. The van der Waals surface area contributed by atoms with E-state index in [2.05, 4.69) is 17.1 Å². The molecule has 1 atom stereocenters. The molecule has 0 aromatic heterocycles. The molecule has 7 nitrogen and oxygen atoms in total. The van der Waals surface area contributed by atoms with Crippen LogP contribution in [0.15, 0.2) is 29.2 Å². The van der Waals surface area contributed by atoms with Crippen molar-refractivity contribution in [3.05, 3.63) is 30.1 Å². The molecule has 3 rings (SSSR count). The summed E-state index contributed by atoms with van der Waals surface area (Å²) < 4.78 is 41.2. The topological polar surface area (TPSA) is 73.0 Å². The van der Waals surface area contributed by atoms with Crippen molar-refractivity contribution in [1.29, 1.82) is 0 Å². The molecule has 30 heavy (non-hydrogen) atoms. The first kappa shape index (κ1) is 23.1. The normalized spacial score (nSPS) is 21.2. The second-order valence-electron chi connectivity index (χ2n) is 8.12. The zero-order chi connectivity index (χ0) is 21.6. The number of amides is 1. The van der Waals surface area contributed by atoms with Crippen LogP contribution in [-0.2, 0) is 14.8 Å². The SMILES string of the molecule is C[C@H]1CCCCN1CCN(CCC(=O)N1CCNCC1)S(=O)(=O)c1ccc(F)cc1. The predicted octanol–water partition coefficient (Wildman–Crippen LogP) is 1.51. The summed E-state index contributed by atoms with van der Waals surface area (Å²) in [6.45, 7) is 7.03. The summed E-state index contributed by atoms with van der Waals surface area (Å²) in [5.74, 6) is -0.501. The molecule has 0 saturated carbocycles. The van der Waals surface area contributed by atoms with E-state index >= 15 is 0 Å². The fourth-order valence-corrected chi connectivity index (χ4v) is 5.56. The standard InChI is InChI=1S/C21H33FN4O3S/c1-18-4-2-3-12-24(18)16-17-26(13-9-21(27)25-14-10-23-11-15-25)30(28,29)20-7-5-19(22)6-8-20/h5-8,18,23H,2-4,9-17H2,1H3/t18-/m0/s1. The van der Waals surface area contributed by atoms with Gasteiger partial charge in [-0.1, -0.05) is 6.42 Å². The minimum absolute atomic E-state index is 0.0258. The second-order valence-corrected chi connectivity index (χ2v) is 10.1. The van der Waals surface area contributed by atoms with Gasteiger partial charge in [-0.05, 0) is 50.6 Å². The first-order valence-electron chi connectivity index (χ1n) is 10.9. The Morgan fingerprint density at radius 2 is 1.83 bits per heavy atom. The average Bonchev–Trinajstić information content (AvgIpc) is 2.75. The third kappa shape index (κ3) is 6.00.